The van der Waals surface area contributed by atoms with Crippen LogP contribution in [0.25, 0.3) is 11.0 Å². The average Bonchev–Trinajstić information content (AvgIpc) is 3.24. The Labute approximate surface area is 169 Å². The van der Waals surface area contributed by atoms with E-state index in [4.69, 9.17) is 9.47 Å². The summed E-state index contributed by atoms with van der Waals surface area (Å²) in [5, 5.41) is 4.26. The molecule has 2 N–H and O–H groups in total. The highest BCUT2D eigenvalue weighted by Gasteiger charge is 2.41. The lowest BCUT2D eigenvalue weighted by Gasteiger charge is -2.24. The molecule has 1 unspecified atom stereocenters. The van der Waals surface area contributed by atoms with Gasteiger partial charge in [0.05, 0.1) is 6.10 Å². The lowest BCUT2D eigenvalue weighted by atomic mass is 9.95. The molecule has 0 saturated heterocycles. The molecule has 1 fully saturated rings. The highest BCUT2D eigenvalue weighted by molar-refractivity contribution is 6.20. The smallest absolute Gasteiger partial charge is 0.347 e. The normalized spacial score (nSPS) is 20.4. The minimum atomic E-state index is -0.755. The van der Waals surface area contributed by atoms with Crippen LogP contribution in [0, 0.1) is 0 Å². The Bertz CT molecular complexity index is 940. The molecule has 4 rings (SSSR count). The van der Waals surface area contributed by atoms with Crippen molar-refractivity contribution in [1.82, 2.24) is 15.3 Å². The van der Waals surface area contributed by atoms with E-state index in [0.717, 1.165) is 42.3 Å². The molecule has 7 heteroatoms. The molecular formula is C22H27N3O4. The molecule has 1 saturated carbocycles. The van der Waals surface area contributed by atoms with E-state index in [0.29, 0.717) is 6.42 Å². The summed E-state index contributed by atoms with van der Waals surface area (Å²) in [5.74, 6) is -0.672. The summed E-state index contributed by atoms with van der Waals surface area (Å²) in [4.78, 5) is 33.1. The number of Topliss-reactive ketones (excluding diaryl/α,β-unsaturated/α-hetero) is 1. The summed E-state index contributed by atoms with van der Waals surface area (Å²) in [6.45, 7) is 3.53. The topological polar surface area (TPSA) is 93.3 Å². The van der Waals surface area contributed by atoms with Crippen molar-refractivity contribution in [2.45, 2.75) is 70.6 Å². The fourth-order valence-corrected chi connectivity index (χ4v) is 4.05. The fourth-order valence-electron chi connectivity index (χ4n) is 4.05. The van der Waals surface area contributed by atoms with E-state index >= 15 is 0 Å². The summed E-state index contributed by atoms with van der Waals surface area (Å²) >= 11 is 0. The van der Waals surface area contributed by atoms with Gasteiger partial charge < -0.3 is 19.8 Å². The summed E-state index contributed by atoms with van der Waals surface area (Å²) in [5.41, 5.74) is 1.70. The molecule has 0 aromatic carbocycles. The molecule has 29 heavy (non-hydrogen) atoms. The van der Waals surface area contributed by atoms with E-state index in [1.54, 1.807) is 20.0 Å². The second-order valence-corrected chi connectivity index (χ2v) is 8.03. The van der Waals surface area contributed by atoms with Gasteiger partial charge in [-0.05, 0) is 44.4 Å². The molecule has 1 aliphatic heterocycles. The molecule has 2 aromatic rings. The Morgan fingerprint density at radius 2 is 2.14 bits per heavy atom. The third-order valence-electron chi connectivity index (χ3n) is 5.46. The van der Waals surface area contributed by atoms with Gasteiger partial charge in [-0.3, -0.25) is 4.79 Å². The number of aromatic nitrogens is 2. The van der Waals surface area contributed by atoms with Gasteiger partial charge >= 0.3 is 5.97 Å². The lowest BCUT2D eigenvalue weighted by molar-refractivity contribution is -0.143. The van der Waals surface area contributed by atoms with Crippen LogP contribution < -0.4 is 5.32 Å². The number of rotatable bonds is 6. The summed E-state index contributed by atoms with van der Waals surface area (Å²) in [7, 11) is 0. The number of aromatic amines is 1. The first-order valence-electron chi connectivity index (χ1n) is 10.4. The van der Waals surface area contributed by atoms with Crippen LogP contribution >= 0.6 is 0 Å². The maximum absolute atomic E-state index is 13.1. The van der Waals surface area contributed by atoms with Gasteiger partial charge in [-0.1, -0.05) is 19.3 Å². The zero-order chi connectivity index (χ0) is 20.4. The van der Waals surface area contributed by atoms with Crippen molar-refractivity contribution in [3.05, 3.63) is 41.5 Å². The number of hydrogen-bond donors (Lipinski definition) is 2. The molecule has 2 aliphatic rings. The molecule has 7 nitrogen and oxygen atoms in total. The summed E-state index contributed by atoms with van der Waals surface area (Å²) < 4.78 is 11.3. The van der Waals surface area contributed by atoms with Crippen molar-refractivity contribution in [2.75, 3.05) is 0 Å². The number of hydrogen-bond acceptors (Lipinski definition) is 6. The van der Waals surface area contributed by atoms with E-state index in [2.05, 4.69) is 15.3 Å². The first kappa shape index (κ1) is 19.5. The van der Waals surface area contributed by atoms with E-state index in [-0.39, 0.29) is 29.4 Å². The van der Waals surface area contributed by atoms with Crippen LogP contribution in [0.3, 0.4) is 0 Å². The maximum atomic E-state index is 13.1. The molecule has 1 atom stereocenters. The standard InChI is InChI=1S/C22H27N3O4/c1-13(2)28-22(27)18-19(26)17(29-21(18)25-15-7-4-3-5-8-15)11-14-12-24-20-16(14)9-6-10-23-20/h6,9-10,12-13,15,17,25H,3-5,7-8,11H2,1-2H3,(H,23,24). The Morgan fingerprint density at radius 3 is 2.90 bits per heavy atom. The van der Waals surface area contributed by atoms with Crippen molar-refractivity contribution in [1.29, 1.82) is 0 Å². The summed E-state index contributed by atoms with van der Waals surface area (Å²) in [6, 6.07) is 4.02. The van der Waals surface area contributed by atoms with Crippen molar-refractivity contribution in [3.8, 4) is 0 Å². The van der Waals surface area contributed by atoms with E-state index in [9.17, 15) is 9.59 Å². The van der Waals surface area contributed by atoms with Crippen LogP contribution in [0.5, 0.6) is 0 Å². The SMILES string of the molecule is CC(C)OC(=O)C1=C(NC2CCCCC2)OC(Cc2c[nH]c3ncccc23)C1=O. The van der Waals surface area contributed by atoms with Gasteiger partial charge in [0.15, 0.2) is 11.7 Å². The van der Waals surface area contributed by atoms with Crippen molar-refractivity contribution in [3.63, 3.8) is 0 Å². The second-order valence-electron chi connectivity index (χ2n) is 8.03. The highest BCUT2D eigenvalue weighted by Crippen LogP contribution is 2.28. The predicted molar refractivity (Wildman–Crippen MR) is 108 cm³/mol. The first-order valence-corrected chi connectivity index (χ1v) is 10.4. The van der Waals surface area contributed by atoms with E-state index < -0.39 is 12.1 Å². The number of esters is 1. The molecule has 2 aromatic heterocycles. The van der Waals surface area contributed by atoms with Gasteiger partial charge in [0.25, 0.3) is 0 Å². The molecule has 0 spiro atoms. The minimum Gasteiger partial charge on any atom is -0.466 e. The number of ether oxygens (including phenoxy) is 2. The Kier molecular flexibility index (Phi) is 5.56. The van der Waals surface area contributed by atoms with Gasteiger partial charge in [0.2, 0.25) is 11.7 Å². The quantitative estimate of drug-likeness (QED) is 0.575. The van der Waals surface area contributed by atoms with Gasteiger partial charge in [0, 0.05) is 30.2 Å². The van der Waals surface area contributed by atoms with Crippen LogP contribution in [0.15, 0.2) is 36.0 Å². The maximum Gasteiger partial charge on any atom is 0.347 e. The van der Waals surface area contributed by atoms with Crippen LogP contribution in [0.4, 0.5) is 0 Å². The molecular weight excluding hydrogens is 370 g/mol. The van der Waals surface area contributed by atoms with Crippen LogP contribution in [-0.4, -0.2) is 40.0 Å². The number of H-pyrrole nitrogens is 1. The van der Waals surface area contributed by atoms with Gasteiger partial charge in [-0.15, -0.1) is 0 Å². The highest BCUT2D eigenvalue weighted by atomic mass is 16.6. The third-order valence-corrected chi connectivity index (χ3v) is 5.46. The Morgan fingerprint density at radius 1 is 1.34 bits per heavy atom. The Hall–Kier alpha value is -2.83. The third kappa shape index (κ3) is 4.13. The fraction of sp³-hybridized carbons (Fsp3) is 0.500. The van der Waals surface area contributed by atoms with E-state index in [1.807, 2.05) is 18.3 Å². The largest absolute Gasteiger partial charge is 0.466 e. The molecule has 3 heterocycles. The lowest BCUT2D eigenvalue weighted by Crippen LogP contribution is -2.32. The number of carbonyl (C=O) groups is 2. The number of pyridine rings is 1. The zero-order valence-electron chi connectivity index (χ0n) is 16.9. The van der Waals surface area contributed by atoms with E-state index in [1.165, 1.54) is 6.42 Å². The number of carbonyl (C=O) groups excluding carboxylic acids is 2. The van der Waals surface area contributed by atoms with Crippen LogP contribution in [0.2, 0.25) is 0 Å². The van der Waals surface area contributed by atoms with Crippen LogP contribution in [0.1, 0.15) is 51.5 Å². The average molecular weight is 397 g/mol. The number of ketones is 1. The monoisotopic (exact) mass is 397 g/mol. The molecule has 0 bridgehead atoms. The number of nitrogens with one attached hydrogen (secondary N) is 2. The number of fused-ring (bicyclic) bond motifs is 1. The predicted octanol–water partition coefficient (Wildman–Crippen LogP) is 3.16. The summed E-state index contributed by atoms with van der Waals surface area (Å²) in [6.07, 6.45) is 8.36. The van der Waals surface area contributed by atoms with Gasteiger partial charge in [0.1, 0.15) is 5.65 Å². The van der Waals surface area contributed by atoms with Gasteiger partial charge in [-0.25, -0.2) is 9.78 Å². The molecule has 154 valence electrons. The minimum absolute atomic E-state index is 0.00670. The first-order chi connectivity index (χ1) is 14.0. The molecule has 0 radical (unpaired) electrons. The number of nitrogens with zero attached hydrogens (tertiary/aromatic N) is 1. The Balaban J connectivity index is 1.56. The second kappa shape index (κ2) is 8.27. The van der Waals surface area contributed by atoms with Crippen molar-refractivity contribution >= 4 is 22.8 Å². The molecule has 1 aliphatic carbocycles. The van der Waals surface area contributed by atoms with Crippen molar-refractivity contribution < 1.29 is 19.1 Å². The van der Waals surface area contributed by atoms with Gasteiger partial charge in [-0.2, -0.15) is 0 Å². The zero-order valence-corrected chi connectivity index (χ0v) is 16.9. The molecule has 0 amide bonds. The van der Waals surface area contributed by atoms with Crippen LogP contribution in [-0.2, 0) is 25.5 Å². The van der Waals surface area contributed by atoms with Crippen molar-refractivity contribution in [2.24, 2.45) is 0 Å².